The number of likely N-dealkylation sites (tertiary alicyclic amines) is 2. The van der Waals surface area contributed by atoms with Gasteiger partial charge in [0, 0.05) is 63.3 Å². The number of alkyl halides is 2. The van der Waals surface area contributed by atoms with E-state index in [0.717, 1.165) is 18.4 Å². The molecule has 0 N–H and O–H groups in total. The molecule has 2 unspecified atom stereocenters. The lowest BCUT2D eigenvalue weighted by Gasteiger charge is -2.34. The van der Waals surface area contributed by atoms with Crippen molar-refractivity contribution in [2.75, 3.05) is 39.8 Å². The van der Waals surface area contributed by atoms with Crippen LogP contribution in [0.25, 0.3) is 0 Å². The molecule has 2 heterocycles. The molecule has 3 amide bonds. The van der Waals surface area contributed by atoms with E-state index in [1.807, 2.05) is 22.8 Å². The molecule has 1 aromatic rings. The number of nitrogens with zero attached hydrogens (tertiary/aromatic N) is 3. The van der Waals surface area contributed by atoms with Crippen molar-refractivity contribution in [1.29, 1.82) is 0 Å². The Morgan fingerprint density at radius 2 is 1.63 bits per heavy atom. The van der Waals surface area contributed by atoms with Crippen LogP contribution in [0.15, 0.2) is 18.2 Å². The largest absolute Gasteiger partial charge is 0.449 e. The van der Waals surface area contributed by atoms with E-state index in [2.05, 4.69) is 0 Å². The molecule has 41 heavy (non-hydrogen) atoms. The highest BCUT2D eigenvalue weighted by atomic mass is 35.5. The molecule has 2 atom stereocenters. The van der Waals surface area contributed by atoms with E-state index in [1.165, 1.54) is 4.90 Å². The normalized spacial score (nSPS) is 26.1. The minimum Gasteiger partial charge on any atom is -0.449 e. The maximum Gasteiger partial charge on any atom is 0.409 e. The second-order valence-corrected chi connectivity index (χ2v) is 13.5. The van der Waals surface area contributed by atoms with Crippen LogP contribution in [0.1, 0.15) is 69.8 Å². The van der Waals surface area contributed by atoms with Gasteiger partial charge >= 0.3 is 6.09 Å². The van der Waals surface area contributed by atoms with Crippen molar-refractivity contribution in [3.05, 3.63) is 33.8 Å². The first-order valence-electron chi connectivity index (χ1n) is 14.7. The summed E-state index contributed by atoms with van der Waals surface area (Å²) in [5.74, 6) is -2.87. The number of hydrogen-bond acceptors (Lipinski definition) is 4. The highest BCUT2D eigenvalue weighted by molar-refractivity contribution is 6.42. The number of halogens is 4. The van der Waals surface area contributed by atoms with Gasteiger partial charge in [-0.2, -0.15) is 0 Å². The number of amides is 3. The smallest absolute Gasteiger partial charge is 0.409 e. The zero-order valence-corrected chi connectivity index (χ0v) is 25.2. The molecule has 0 bridgehead atoms. The second-order valence-electron chi connectivity index (χ2n) is 12.7. The molecule has 2 aliphatic carbocycles. The Bertz CT molecular complexity index is 1160. The summed E-state index contributed by atoms with van der Waals surface area (Å²) in [5, 5.41) is 0.818. The van der Waals surface area contributed by atoms with Crippen molar-refractivity contribution in [3.63, 3.8) is 0 Å². The fourth-order valence-electron chi connectivity index (χ4n) is 6.49. The fourth-order valence-corrected chi connectivity index (χ4v) is 6.80. The van der Waals surface area contributed by atoms with Crippen LogP contribution in [0.4, 0.5) is 13.6 Å². The van der Waals surface area contributed by atoms with Crippen molar-refractivity contribution in [2.24, 2.45) is 17.3 Å². The van der Waals surface area contributed by atoms with Crippen LogP contribution < -0.4 is 0 Å². The molecule has 7 nitrogen and oxygen atoms in total. The van der Waals surface area contributed by atoms with Crippen LogP contribution in [0.5, 0.6) is 0 Å². The molecule has 0 aromatic heterocycles. The monoisotopic (exact) mass is 613 g/mol. The van der Waals surface area contributed by atoms with Crippen molar-refractivity contribution < 1.29 is 27.9 Å². The van der Waals surface area contributed by atoms with Gasteiger partial charge in [0.05, 0.1) is 22.7 Å². The Morgan fingerprint density at radius 3 is 2.24 bits per heavy atom. The van der Waals surface area contributed by atoms with Gasteiger partial charge in [0.15, 0.2) is 0 Å². The average molecular weight is 615 g/mol. The van der Waals surface area contributed by atoms with E-state index in [0.29, 0.717) is 61.9 Å². The Hall–Kier alpha value is -2.13. The molecule has 0 spiro atoms. The first-order chi connectivity index (χ1) is 19.4. The predicted octanol–water partition coefficient (Wildman–Crippen LogP) is 6.22. The molecular weight excluding hydrogens is 575 g/mol. The zero-order valence-electron chi connectivity index (χ0n) is 23.7. The van der Waals surface area contributed by atoms with Gasteiger partial charge in [-0.25, -0.2) is 13.6 Å². The Morgan fingerprint density at radius 1 is 0.976 bits per heavy atom. The van der Waals surface area contributed by atoms with E-state index in [9.17, 15) is 23.2 Å². The lowest BCUT2D eigenvalue weighted by molar-refractivity contribution is -0.142. The third-order valence-corrected chi connectivity index (χ3v) is 10.4. The molecule has 2 saturated carbocycles. The average Bonchev–Trinajstić information content (AvgIpc) is 3.56. The lowest BCUT2D eigenvalue weighted by atomic mass is 9.87. The molecule has 4 aliphatic rings. The van der Waals surface area contributed by atoms with E-state index in [-0.39, 0.29) is 60.5 Å². The Kier molecular flexibility index (Phi) is 8.78. The maximum atomic E-state index is 13.7. The zero-order chi connectivity index (χ0) is 29.5. The van der Waals surface area contributed by atoms with Gasteiger partial charge in [0.2, 0.25) is 17.7 Å². The van der Waals surface area contributed by atoms with Gasteiger partial charge in [-0.05, 0) is 62.1 Å². The molecule has 1 aromatic carbocycles. The van der Waals surface area contributed by atoms with Crippen molar-refractivity contribution >= 4 is 41.1 Å². The number of rotatable bonds is 6. The number of carbonyl (C=O) groups excluding carboxylic acids is 3. The number of benzene rings is 1. The van der Waals surface area contributed by atoms with Crippen molar-refractivity contribution in [3.8, 4) is 0 Å². The van der Waals surface area contributed by atoms with Gasteiger partial charge < -0.3 is 19.4 Å². The SMILES string of the molecule is CN(C(=O)OCC1CCC(F)(F)CC1)C1CN(C(=O)C2CCN(C(=O)C3(C)CC3)CC2)CC1c1ccc(Cl)c(Cl)c1. The summed E-state index contributed by atoms with van der Waals surface area (Å²) in [4.78, 5) is 44.8. The summed E-state index contributed by atoms with van der Waals surface area (Å²) in [6.07, 6.45) is 2.86. The van der Waals surface area contributed by atoms with E-state index < -0.39 is 12.0 Å². The highest BCUT2D eigenvalue weighted by Gasteiger charge is 2.48. The van der Waals surface area contributed by atoms with Crippen LogP contribution in [0.2, 0.25) is 10.0 Å². The summed E-state index contributed by atoms with van der Waals surface area (Å²) in [6.45, 7) is 4.02. The summed E-state index contributed by atoms with van der Waals surface area (Å²) in [5.41, 5.74) is 0.653. The van der Waals surface area contributed by atoms with Crippen molar-refractivity contribution in [2.45, 2.75) is 76.2 Å². The van der Waals surface area contributed by atoms with Crippen LogP contribution in [0, 0.1) is 17.3 Å². The van der Waals surface area contributed by atoms with E-state index >= 15 is 0 Å². The second kappa shape index (κ2) is 11.9. The van der Waals surface area contributed by atoms with Gasteiger partial charge in [-0.1, -0.05) is 36.2 Å². The van der Waals surface area contributed by atoms with Gasteiger partial charge in [0.25, 0.3) is 0 Å². The summed E-state index contributed by atoms with van der Waals surface area (Å²) in [7, 11) is 1.66. The maximum absolute atomic E-state index is 13.7. The van der Waals surface area contributed by atoms with E-state index in [4.69, 9.17) is 27.9 Å². The molecule has 2 aliphatic heterocycles. The number of likely N-dealkylation sites (N-methyl/N-ethyl adjacent to an activating group) is 1. The molecule has 5 rings (SSSR count). The lowest BCUT2D eigenvalue weighted by Crippen LogP contribution is -2.46. The Balaban J connectivity index is 1.23. The van der Waals surface area contributed by atoms with E-state index in [1.54, 1.807) is 19.2 Å². The number of hydrogen-bond donors (Lipinski definition) is 0. The Labute approximate surface area is 250 Å². The molecular formula is C30H39Cl2F2N3O4. The number of piperidine rings is 1. The molecule has 2 saturated heterocycles. The topological polar surface area (TPSA) is 70.2 Å². The van der Waals surface area contributed by atoms with Crippen LogP contribution in [0.3, 0.4) is 0 Å². The summed E-state index contributed by atoms with van der Waals surface area (Å²) < 4.78 is 32.6. The van der Waals surface area contributed by atoms with Crippen molar-refractivity contribution in [1.82, 2.24) is 14.7 Å². The number of ether oxygens (including phenoxy) is 1. The third kappa shape index (κ3) is 6.76. The summed E-state index contributed by atoms with van der Waals surface area (Å²) >= 11 is 12.5. The quantitative estimate of drug-likeness (QED) is 0.382. The van der Waals surface area contributed by atoms with Crippen LogP contribution in [-0.4, -0.2) is 84.4 Å². The minimum atomic E-state index is -2.63. The summed E-state index contributed by atoms with van der Waals surface area (Å²) in [6, 6.07) is 4.99. The fraction of sp³-hybridized carbons (Fsp3) is 0.700. The molecule has 0 radical (unpaired) electrons. The number of carbonyl (C=O) groups is 3. The first-order valence-corrected chi connectivity index (χ1v) is 15.4. The minimum absolute atomic E-state index is 0.0344. The highest BCUT2D eigenvalue weighted by Crippen LogP contribution is 2.47. The first kappa shape index (κ1) is 30.3. The van der Waals surface area contributed by atoms with Gasteiger partial charge in [0.1, 0.15) is 0 Å². The van der Waals surface area contributed by atoms with Crippen LogP contribution in [-0.2, 0) is 14.3 Å². The van der Waals surface area contributed by atoms with Gasteiger partial charge in [-0.15, -0.1) is 0 Å². The predicted molar refractivity (Wildman–Crippen MR) is 152 cm³/mol. The molecule has 226 valence electrons. The molecule has 11 heteroatoms. The molecule has 4 fully saturated rings. The standard InChI is InChI=1S/C30H39Cl2F2N3O4/c1-29(11-12-29)27(39)36-13-7-20(8-14-36)26(38)37-16-22(21-3-4-23(31)24(32)15-21)25(17-37)35(2)28(40)41-18-19-5-9-30(33,34)10-6-19/h3-4,15,19-20,22,25H,5-14,16-18H2,1-2H3. The third-order valence-electron chi connectivity index (χ3n) is 9.68. The van der Waals surface area contributed by atoms with Crippen LogP contribution >= 0.6 is 23.2 Å². The van der Waals surface area contributed by atoms with Gasteiger partial charge in [-0.3, -0.25) is 9.59 Å².